The molecule has 2 heteroatoms. The van der Waals surface area contributed by atoms with E-state index in [4.69, 9.17) is 0 Å². The lowest BCUT2D eigenvalue weighted by atomic mass is 9.94. The summed E-state index contributed by atoms with van der Waals surface area (Å²) < 4.78 is 0. The monoisotopic (exact) mass is 249 g/mol. The van der Waals surface area contributed by atoms with Crippen molar-refractivity contribution in [2.75, 3.05) is 6.54 Å². The van der Waals surface area contributed by atoms with Crippen molar-refractivity contribution in [3.8, 4) is 0 Å². The Balaban J connectivity index is 1.86. The van der Waals surface area contributed by atoms with Gasteiger partial charge in [-0.15, -0.1) is 11.3 Å². The molecule has 0 saturated carbocycles. The first-order valence-electron chi connectivity index (χ1n) is 6.62. The molecule has 0 fully saturated rings. The van der Waals surface area contributed by atoms with Crippen LogP contribution in [0.5, 0.6) is 0 Å². The van der Waals surface area contributed by atoms with Crippen LogP contribution in [0.2, 0.25) is 0 Å². The topological polar surface area (TPSA) is 12.0 Å². The number of hydrogen-bond acceptors (Lipinski definition) is 2. The van der Waals surface area contributed by atoms with Crippen LogP contribution in [-0.4, -0.2) is 6.54 Å². The van der Waals surface area contributed by atoms with Crippen LogP contribution in [0.25, 0.3) is 0 Å². The van der Waals surface area contributed by atoms with Gasteiger partial charge in [-0.1, -0.05) is 12.2 Å². The van der Waals surface area contributed by atoms with Crippen molar-refractivity contribution in [1.29, 1.82) is 0 Å². The van der Waals surface area contributed by atoms with Crippen molar-refractivity contribution in [1.82, 2.24) is 5.32 Å². The highest BCUT2D eigenvalue weighted by Gasteiger charge is 2.14. The zero-order chi connectivity index (χ0) is 12.3. The molecule has 1 aromatic heterocycles. The van der Waals surface area contributed by atoms with Gasteiger partial charge >= 0.3 is 0 Å². The summed E-state index contributed by atoms with van der Waals surface area (Å²) in [5.41, 5.74) is 1.49. The predicted molar refractivity (Wildman–Crippen MR) is 76.7 cm³/mol. The summed E-state index contributed by atoms with van der Waals surface area (Å²) in [6.07, 6.45) is 8.50. The van der Waals surface area contributed by atoms with Crippen LogP contribution in [0, 0.1) is 19.8 Å². The molecule has 0 aromatic carbocycles. The summed E-state index contributed by atoms with van der Waals surface area (Å²) in [6.45, 7) is 7.86. The third-order valence-electron chi connectivity index (χ3n) is 3.64. The fourth-order valence-electron chi connectivity index (χ4n) is 2.58. The lowest BCUT2D eigenvalue weighted by Crippen LogP contribution is -2.26. The second-order valence-electron chi connectivity index (χ2n) is 5.15. The van der Waals surface area contributed by atoms with Crippen LogP contribution in [0.15, 0.2) is 18.2 Å². The molecule has 0 aliphatic heterocycles. The molecule has 0 spiro atoms. The minimum Gasteiger partial charge on any atom is -0.310 e. The number of allylic oxidation sites excluding steroid dienone is 2. The molecule has 2 unspecified atom stereocenters. The zero-order valence-corrected chi connectivity index (χ0v) is 11.9. The van der Waals surface area contributed by atoms with E-state index in [0.717, 1.165) is 12.5 Å². The summed E-state index contributed by atoms with van der Waals surface area (Å²) in [5.74, 6) is 0.836. The summed E-state index contributed by atoms with van der Waals surface area (Å²) in [6, 6.07) is 2.82. The number of aryl methyl sites for hydroxylation is 2. The maximum absolute atomic E-state index is 3.70. The molecule has 0 saturated heterocycles. The van der Waals surface area contributed by atoms with Gasteiger partial charge < -0.3 is 5.32 Å². The number of hydrogen-bond donors (Lipinski definition) is 1. The van der Waals surface area contributed by atoms with Crippen LogP contribution in [-0.2, 0) is 0 Å². The maximum atomic E-state index is 3.70. The van der Waals surface area contributed by atoms with Crippen molar-refractivity contribution in [3.63, 3.8) is 0 Å². The average Bonchev–Trinajstić information content (AvgIpc) is 2.67. The highest BCUT2D eigenvalue weighted by atomic mass is 32.1. The van der Waals surface area contributed by atoms with Crippen LogP contribution in [0.1, 0.15) is 47.5 Å². The summed E-state index contributed by atoms with van der Waals surface area (Å²) in [4.78, 5) is 2.89. The Labute approximate surface area is 109 Å². The Hall–Kier alpha value is -0.600. The number of thiophene rings is 1. The fraction of sp³-hybridized carbons (Fsp3) is 0.600. The molecule has 0 bridgehead atoms. The molecule has 1 nitrogen and oxygen atoms in total. The Morgan fingerprint density at radius 1 is 1.41 bits per heavy atom. The normalized spacial score (nSPS) is 21.7. The lowest BCUT2D eigenvalue weighted by Gasteiger charge is -2.21. The van der Waals surface area contributed by atoms with Crippen molar-refractivity contribution in [2.24, 2.45) is 5.92 Å². The van der Waals surface area contributed by atoms with E-state index in [9.17, 15) is 0 Å². The van der Waals surface area contributed by atoms with E-state index >= 15 is 0 Å². The minimum atomic E-state index is 0.492. The lowest BCUT2D eigenvalue weighted by molar-refractivity contribution is 0.415. The Bertz CT molecular complexity index is 392. The van der Waals surface area contributed by atoms with Gasteiger partial charge in [-0.25, -0.2) is 0 Å². The molecule has 1 N–H and O–H groups in total. The second-order valence-corrected chi connectivity index (χ2v) is 6.61. The van der Waals surface area contributed by atoms with Gasteiger partial charge in [0.25, 0.3) is 0 Å². The maximum Gasteiger partial charge on any atom is 0.0302 e. The molecule has 17 heavy (non-hydrogen) atoms. The van der Waals surface area contributed by atoms with Crippen molar-refractivity contribution in [3.05, 3.63) is 33.5 Å². The van der Waals surface area contributed by atoms with Gasteiger partial charge in [0.2, 0.25) is 0 Å². The molecule has 1 aromatic rings. The van der Waals surface area contributed by atoms with E-state index in [2.05, 4.69) is 44.3 Å². The molecular formula is C15H23NS. The third-order valence-corrected chi connectivity index (χ3v) is 4.62. The molecule has 94 valence electrons. The molecule has 1 aliphatic rings. The predicted octanol–water partition coefficient (Wildman–Crippen LogP) is 4.37. The molecule has 2 rings (SSSR count). The standard InChI is InChI=1S/C15H23NS/c1-11-9-15(13(3)17-11)12(2)16-10-14-7-5-4-6-8-14/h4-5,9,12,14,16H,6-8,10H2,1-3H3. The van der Waals surface area contributed by atoms with Gasteiger partial charge in [0.05, 0.1) is 0 Å². The smallest absolute Gasteiger partial charge is 0.0302 e. The largest absolute Gasteiger partial charge is 0.310 e. The van der Waals surface area contributed by atoms with Crippen molar-refractivity contribution in [2.45, 2.75) is 46.1 Å². The van der Waals surface area contributed by atoms with E-state index in [-0.39, 0.29) is 0 Å². The Kier molecular flexibility index (Phi) is 4.41. The third kappa shape index (κ3) is 3.43. The van der Waals surface area contributed by atoms with Gasteiger partial charge in [0, 0.05) is 15.8 Å². The summed E-state index contributed by atoms with van der Waals surface area (Å²) >= 11 is 1.91. The van der Waals surface area contributed by atoms with Gasteiger partial charge in [-0.2, -0.15) is 0 Å². The van der Waals surface area contributed by atoms with Crippen LogP contribution >= 0.6 is 11.3 Å². The molecule has 0 radical (unpaired) electrons. The molecule has 1 aliphatic carbocycles. The second kappa shape index (κ2) is 5.83. The van der Waals surface area contributed by atoms with E-state index in [1.165, 1.54) is 34.6 Å². The fourth-order valence-corrected chi connectivity index (χ4v) is 3.60. The van der Waals surface area contributed by atoms with E-state index in [0.29, 0.717) is 6.04 Å². The number of rotatable bonds is 4. The van der Waals surface area contributed by atoms with E-state index in [1.54, 1.807) is 0 Å². The highest BCUT2D eigenvalue weighted by Crippen LogP contribution is 2.26. The molecular weight excluding hydrogens is 226 g/mol. The molecule has 1 heterocycles. The number of nitrogens with one attached hydrogen (secondary N) is 1. The first-order chi connectivity index (χ1) is 8.16. The quantitative estimate of drug-likeness (QED) is 0.781. The SMILES string of the molecule is Cc1cc(C(C)NCC2CC=CCC2)c(C)s1. The van der Waals surface area contributed by atoms with Crippen molar-refractivity contribution >= 4 is 11.3 Å². The van der Waals surface area contributed by atoms with Gasteiger partial charge in [-0.05, 0) is 64.1 Å². The highest BCUT2D eigenvalue weighted by molar-refractivity contribution is 7.12. The average molecular weight is 249 g/mol. The summed E-state index contributed by atoms with van der Waals surface area (Å²) in [7, 11) is 0. The minimum absolute atomic E-state index is 0.492. The van der Waals surface area contributed by atoms with Crippen molar-refractivity contribution < 1.29 is 0 Å². The first kappa shape index (κ1) is 12.8. The van der Waals surface area contributed by atoms with Gasteiger partial charge in [0.15, 0.2) is 0 Å². The Morgan fingerprint density at radius 3 is 2.82 bits per heavy atom. The Morgan fingerprint density at radius 2 is 2.24 bits per heavy atom. The van der Waals surface area contributed by atoms with Gasteiger partial charge in [0.1, 0.15) is 0 Å². The molecule has 2 atom stereocenters. The van der Waals surface area contributed by atoms with Crippen LogP contribution in [0.3, 0.4) is 0 Å². The summed E-state index contributed by atoms with van der Waals surface area (Å²) in [5, 5.41) is 3.70. The van der Waals surface area contributed by atoms with Crippen LogP contribution < -0.4 is 5.32 Å². The van der Waals surface area contributed by atoms with Crippen LogP contribution in [0.4, 0.5) is 0 Å². The zero-order valence-electron chi connectivity index (χ0n) is 11.1. The molecule has 0 amide bonds. The first-order valence-corrected chi connectivity index (χ1v) is 7.43. The van der Waals surface area contributed by atoms with E-state index < -0.39 is 0 Å². The van der Waals surface area contributed by atoms with E-state index in [1.807, 2.05) is 11.3 Å². The van der Waals surface area contributed by atoms with Gasteiger partial charge in [-0.3, -0.25) is 0 Å².